The maximum Gasteiger partial charge on any atom is 0.135 e. The summed E-state index contributed by atoms with van der Waals surface area (Å²) in [4.78, 5) is 10.9. The fraction of sp³-hybridized carbons (Fsp3) is 0.804. The van der Waals surface area contributed by atoms with Gasteiger partial charge in [-0.1, -0.05) is 519 Å². The molecule has 105 heavy (non-hydrogen) atoms. The van der Waals surface area contributed by atoms with Gasteiger partial charge in [-0.25, -0.2) is 4.99 Å². The summed E-state index contributed by atoms with van der Waals surface area (Å²) in [7, 11) is 0. The predicted octanol–water partition coefficient (Wildman–Crippen LogP) is 35.7. The quantitative estimate of drug-likeness (QED) is 0.0273. The average Bonchev–Trinajstić information content (AvgIpc) is 0.859. The maximum atomic E-state index is 5.46. The van der Waals surface area contributed by atoms with Gasteiger partial charge < -0.3 is 0 Å². The molecule has 0 amide bonds. The molecule has 0 aliphatic rings. The SMILES string of the molecule is CCCCCCCCCCCCCCCCCCCCCCCCC#CC(=Nc1cccc(C#CCCCCCCCCCCCCCCCCCCCCCCCCC)c1)C(CCCCCCCC)=Nc1cccc(C#CCCCCCCCCCCCCCCCCCCCCCCCCC)c1.[Pd]. The number of hydrogen-bond donors (Lipinski definition) is 0. The van der Waals surface area contributed by atoms with Crippen LogP contribution in [0.2, 0.25) is 0 Å². The van der Waals surface area contributed by atoms with Gasteiger partial charge in [-0.05, 0) is 74.4 Å². The molecule has 0 saturated carbocycles. The van der Waals surface area contributed by atoms with Crippen molar-refractivity contribution in [1.29, 1.82) is 0 Å². The Balaban J connectivity index is 0.0000551. The Labute approximate surface area is 672 Å². The topological polar surface area (TPSA) is 24.7 Å². The monoisotopic (exact) mass is 1540 g/mol. The smallest absolute Gasteiger partial charge is 0.135 e. The van der Waals surface area contributed by atoms with Gasteiger partial charge in [-0.2, -0.15) is 0 Å². The van der Waals surface area contributed by atoms with E-state index in [1.54, 1.807) is 0 Å². The molecule has 0 N–H and O–H groups in total. The zero-order valence-corrected chi connectivity index (χ0v) is 72.5. The van der Waals surface area contributed by atoms with Crippen LogP contribution < -0.4 is 0 Å². The summed E-state index contributed by atoms with van der Waals surface area (Å²) < 4.78 is 0. The molecule has 0 fully saturated rings. The van der Waals surface area contributed by atoms with Crippen LogP contribution in [-0.2, 0) is 20.4 Å². The van der Waals surface area contributed by atoms with Gasteiger partial charge in [0.05, 0.1) is 17.1 Å². The van der Waals surface area contributed by atoms with E-state index in [9.17, 15) is 0 Å². The molecular formula is C102H176N2Pd. The Morgan fingerprint density at radius 2 is 0.429 bits per heavy atom. The summed E-state index contributed by atoms with van der Waals surface area (Å²) in [5, 5.41) is 0. The summed E-state index contributed by atoms with van der Waals surface area (Å²) in [6.07, 6.45) is 107. The van der Waals surface area contributed by atoms with E-state index in [4.69, 9.17) is 9.98 Å². The molecular weight excluding hydrogens is 1360 g/mol. The largest absolute Gasteiger partial charge is 0.250 e. The van der Waals surface area contributed by atoms with E-state index in [1.165, 1.54) is 462 Å². The van der Waals surface area contributed by atoms with Crippen molar-refractivity contribution < 1.29 is 20.4 Å². The number of nitrogens with zero attached hydrogens (tertiary/aromatic N) is 2. The van der Waals surface area contributed by atoms with Crippen molar-refractivity contribution in [2.45, 2.75) is 529 Å². The standard InChI is InChI=1S/C102H176N2.Pd/c1-5-9-13-17-21-24-27-30-33-36-39-42-45-48-50-53-56-59-62-65-68-71-74-77-81-87-97-89-85-91-99(95-97)103-101(93-83-79-20-16-12-8-4)102(94-84-80-76-73-70-67-64-61-58-55-52-47-44-41-38-35-32-29-26-23-19-15-11-7-3)104-100-92-86-90-98(96-100)88-82-78-75-72-69-66-63-60-57-54-51-49-46-43-40-37-34-31-28-25-22-18-14-10-6-2;/h85-86,89-92,95-96H,5-80,83,93H2,1-4H3;. The van der Waals surface area contributed by atoms with Crippen LogP contribution in [0.4, 0.5) is 11.4 Å². The van der Waals surface area contributed by atoms with E-state index >= 15 is 0 Å². The van der Waals surface area contributed by atoms with Crippen LogP contribution in [0.25, 0.3) is 0 Å². The molecule has 2 aromatic carbocycles. The minimum absolute atomic E-state index is 0. The molecule has 0 atom stereocenters. The Kier molecular flexibility index (Phi) is 81.2. The molecule has 0 spiro atoms. The van der Waals surface area contributed by atoms with Gasteiger partial charge >= 0.3 is 0 Å². The molecule has 0 aliphatic carbocycles. The van der Waals surface area contributed by atoms with Gasteiger partial charge in [0, 0.05) is 50.8 Å². The van der Waals surface area contributed by atoms with E-state index in [2.05, 4.69) is 112 Å². The van der Waals surface area contributed by atoms with E-state index in [1.807, 2.05) is 0 Å². The van der Waals surface area contributed by atoms with Crippen LogP contribution in [0.1, 0.15) is 540 Å². The fourth-order valence-corrected chi connectivity index (χ4v) is 15.4. The summed E-state index contributed by atoms with van der Waals surface area (Å²) in [6, 6.07) is 17.2. The van der Waals surface area contributed by atoms with Crippen LogP contribution in [0.3, 0.4) is 0 Å². The van der Waals surface area contributed by atoms with Crippen molar-refractivity contribution in [2.24, 2.45) is 9.98 Å². The van der Waals surface area contributed by atoms with Crippen LogP contribution in [0.15, 0.2) is 58.5 Å². The van der Waals surface area contributed by atoms with E-state index < -0.39 is 0 Å². The second-order valence-corrected chi connectivity index (χ2v) is 32.8. The first-order valence-corrected chi connectivity index (χ1v) is 47.5. The van der Waals surface area contributed by atoms with Gasteiger partial charge in [0.25, 0.3) is 0 Å². The number of aliphatic imine (C=N–C) groups is 2. The van der Waals surface area contributed by atoms with Crippen molar-refractivity contribution in [3.63, 3.8) is 0 Å². The number of rotatable bonds is 78. The molecule has 0 aliphatic heterocycles. The molecule has 0 saturated heterocycles. The van der Waals surface area contributed by atoms with Gasteiger partial charge in [-0.15, -0.1) is 0 Å². The number of hydrogen-bond acceptors (Lipinski definition) is 2. The van der Waals surface area contributed by atoms with Crippen LogP contribution in [0, 0.1) is 35.5 Å². The first-order valence-electron chi connectivity index (χ1n) is 47.5. The van der Waals surface area contributed by atoms with Gasteiger partial charge in [0.15, 0.2) is 0 Å². The molecule has 0 aromatic heterocycles. The third kappa shape index (κ3) is 72.4. The Bertz CT molecular complexity index is 2360. The Morgan fingerprint density at radius 3 is 0.667 bits per heavy atom. The third-order valence-corrected chi connectivity index (χ3v) is 22.4. The second kappa shape index (κ2) is 85.1. The summed E-state index contributed by atoms with van der Waals surface area (Å²) in [6.45, 7) is 9.25. The predicted molar refractivity (Wildman–Crippen MR) is 471 cm³/mol. The molecule has 2 nitrogen and oxygen atoms in total. The summed E-state index contributed by atoms with van der Waals surface area (Å²) in [5.41, 5.74) is 5.80. The van der Waals surface area contributed by atoms with Gasteiger partial charge in [0.2, 0.25) is 0 Å². The number of benzene rings is 2. The van der Waals surface area contributed by atoms with Gasteiger partial charge in [0.1, 0.15) is 5.71 Å². The van der Waals surface area contributed by atoms with Crippen molar-refractivity contribution >= 4 is 22.8 Å². The summed E-state index contributed by atoms with van der Waals surface area (Å²) in [5.74, 6) is 21.5. The molecule has 0 radical (unpaired) electrons. The van der Waals surface area contributed by atoms with Crippen molar-refractivity contribution in [1.82, 2.24) is 0 Å². The first kappa shape index (κ1) is 100. The van der Waals surface area contributed by atoms with E-state index in [0.29, 0.717) is 0 Å². The van der Waals surface area contributed by atoms with Crippen molar-refractivity contribution in [3.05, 3.63) is 59.7 Å². The first-order chi connectivity index (χ1) is 51.7. The minimum Gasteiger partial charge on any atom is -0.250 e. The maximum absolute atomic E-state index is 5.46. The molecule has 3 heteroatoms. The van der Waals surface area contributed by atoms with Gasteiger partial charge in [-0.3, -0.25) is 4.99 Å². The second-order valence-electron chi connectivity index (χ2n) is 32.8. The van der Waals surface area contributed by atoms with Crippen LogP contribution >= 0.6 is 0 Å². The zero-order chi connectivity index (χ0) is 73.9. The normalized spacial score (nSPS) is 11.5. The number of unbranched alkanes of at least 4 members (excludes halogenated alkanes) is 73. The Morgan fingerprint density at radius 1 is 0.229 bits per heavy atom. The van der Waals surface area contributed by atoms with Crippen LogP contribution in [-0.4, -0.2) is 11.4 Å². The van der Waals surface area contributed by atoms with Crippen molar-refractivity contribution in [3.8, 4) is 35.5 Å². The minimum atomic E-state index is 0. The molecule has 0 heterocycles. The zero-order valence-electron chi connectivity index (χ0n) is 71.0. The average molecular weight is 1540 g/mol. The molecule has 0 bridgehead atoms. The molecule has 2 rings (SSSR count). The van der Waals surface area contributed by atoms with Crippen molar-refractivity contribution in [2.75, 3.05) is 0 Å². The summed E-state index contributed by atoms with van der Waals surface area (Å²) >= 11 is 0. The molecule has 604 valence electrons. The fourth-order valence-electron chi connectivity index (χ4n) is 15.4. The molecule has 0 unspecified atom stereocenters. The third-order valence-electron chi connectivity index (χ3n) is 22.4. The van der Waals surface area contributed by atoms with E-state index in [0.717, 1.165) is 72.4 Å². The van der Waals surface area contributed by atoms with E-state index in [-0.39, 0.29) is 20.4 Å². The Hall–Kier alpha value is -2.88. The molecule has 2 aromatic rings. The van der Waals surface area contributed by atoms with Crippen LogP contribution in [0.5, 0.6) is 0 Å².